The number of carbonyl (C=O) groups excluding carboxylic acids is 1. The summed E-state index contributed by atoms with van der Waals surface area (Å²) in [5.41, 5.74) is 3.08. The van der Waals surface area contributed by atoms with E-state index in [4.69, 9.17) is 4.74 Å². The van der Waals surface area contributed by atoms with Crippen LogP contribution in [0.15, 0.2) is 29.4 Å². The van der Waals surface area contributed by atoms with Gasteiger partial charge in [-0.2, -0.15) is 5.10 Å². The Balaban J connectivity index is 2.06. The van der Waals surface area contributed by atoms with Gasteiger partial charge in [0.2, 0.25) is 5.91 Å². The topological polar surface area (TPSA) is 41.9 Å². The van der Waals surface area contributed by atoms with E-state index in [9.17, 15) is 4.79 Å². The number of hydrogen-bond donors (Lipinski definition) is 0. The number of rotatable bonds is 4. The lowest BCUT2D eigenvalue weighted by Crippen LogP contribution is -2.20. The zero-order chi connectivity index (χ0) is 12.3. The summed E-state index contributed by atoms with van der Waals surface area (Å²) < 4.78 is 4.98. The summed E-state index contributed by atoms with van der Waals surface area (Å²) in [6.07, 6.45) is 0.375. The number of amides is 1. The first-order valence-electron chi connectivity index (χ1n) is 5.60. The number of benzene rings is 1. The molecule has 0 unspecified atom stereocenters. The van der Waals surface area contributed by atoms with E-state index in [1.54, 1.807) is 7.11 Å². The van der Waals surface area contributed by atoms with E-state index < -0.39 is 0 Å². The number of methoxy groups -OCH3 is 1. The summed E-state index contributed by atoms with van der Waals surface area (Å²) in [5, 5.41) is 5.78. The maximum absolute atomic E-state index is 11.7. The Morgan fingerprint density at radius 2 is 2.29 bits per heavy atom. The van der Waals surface area contributed by atoms with Gasteiger partial charge in [-0.15, -0.1) is 0 Å². The highest BCUT2D eigenvalue weighted by Crippen LogP contribution is 2.14. The van der Waals surface area contributed by atoms with Crippen molar-refractivity contribution in [2.24, 2.45) is 5.10 Å². The van der Waals surface area contributed by atoms with Gasteiger partial charge in [-0.1, -0.05) is 29.8 Å². The molecule has 1 aliphatic rings. The number of aryl methyl sites for hydroxylation is 1. The second kappa shape index (κ2) is 5.10. The Kier molecular flexibility index (Phi) is 3.54. The second-order valence-electron chi connectivity index (χ2n) is 4.22. The first-order chi connectivity index (χ1) is 8.19. The molecule has 1 heterocycles. The van der Waals surface area contributed by atoms with E-state index >= 15 is 0 Å². The van der Waals surface area contributed by atoms with E-state index in [1.165, 1.54) is 10.6 Å². The van der Waals surface area contributed by atoms with Crippen LogP contribution in [0.4, 0.5) is 0 Å². The minimum atomic E-state index is 0.0403. The van der Waals surface area contributed by atoms with Crippen molar-refractivity contribution in [2.75, 3.05) is 13.7 Å². The van der Waals surface area contributed by atoms with Crippen molar-refractivity contribution in [3.63, 3.8) is 0 Å². The molecule has 0 fully saturated rings. The third-order valence-corrected chi connectivity index (χ3v) is 2.63. The van der Waals surface area contributed by atoms with Gasteiger partial charge in [0.05, 0.1) is 25.3 Å². The molecule has 0 bridgehead atoms. The molecular weight excluding hydrogens is 216 g/mol. The van der Waals surface area contributed by atoms with Gasteiger partial charge < -0.3 is 4.74 Å². The summed E-state index contributed by atoms with van der Waals surface area (Å²) >= 11 is 0. The van der Waals surface area contributed by atoms with Gasteiger partial charge in [0, 0.05) is 7.11 Å². The van der Waals surface area contributed by atoms with Gasteiger partial charge >= 0.3 is 0 Å². The molecule has 0 radical (unpaired) electrons. The third-order valence-electron chi connectivity index (χ3n) is 2.63. The molecular formula is C13H16N2O2. The molecule has 0 spiro atoms. The van der Waals surface area contributed by atoms with Gasteiger partial charge in [0.15, 0.2) is 0 Å². The highest BCUT2D eigenvalue weighted by Gasteiger charge is 2.23. The van der Waals surface area contributed by atoms with Crippen molar-refractivity contribution in [2.45, 2.75) is 19.9 Å². The molecule has 0 aliphatic carbocycles. The van der Waals surface area contributed by atoms with Crippen molar-refractivity contribution in [1.29, 1.82) is 0 Å². The smallest absolute Gasteiger partial charge is 0.248 e. The fourth-order valence-corrected chi connectivity index (χ4v) is 1.88. The molecule has 90 valence electrons. The number of nitrogens with zero attached hydrogens (tertiary/aromatic N) is 2. The van der Waals surface area contributed by atoms with E-state index in [0.29, 0.717) is 19.6 Å². The molecule has 1 amide bonds. The molecule has 0 atom stereocenters. The molecule has 0 saturated heterocycles. The van der Waals surface area contributed by atoms with Gasteiger partial charge in [-0.05, 0) is 12.5 Å². The van der Waals surface area contributed by atoms with E-state index in [2.05, 4.69) is 11.2 Å². The van der Waals surface area contributed by atoms with Gasteiger partial charge in [-0.25, -0.2) is 5.01 Å². The Morgan fingerprint density at radius 1 is 1.47 bits per heavy atom. The van der Waals surface area contributed by atoms with Crippen LogP contribution in [-0.4, -0.2) is 30.3 Å². The number of carbonyl (C=O) groups is 1. The summed E-state index contributed by atoms with van der Waals surface area (Å²) in [7, 11) is 1.61. The zero-order valence-corrected chi connectivity index (χ0v) is 10.1. The molecule has 1 aliphatic heterocycles. The molecule has 0 saturated carbocycles. The predicted octanol–water partition coefficient (Wildman–Crippen LogP) is 1.73. The van der Waals surface area contributed by atoms with Crippen molar-refractivity contribution >= 4 is 11.6 Å². The summed E-state index contributed by atoms with van der Waals surface area (Å²) in [6, 6.07) is 8.10. The van der Waals surface area contributed by atoms with Crippen LogP contribution in [0.25, 0.3) is 0 Å². The molecule has 0 aromatic heterocycles. The normalized spacial score (nSPS) is 15.3. The average Bonchev–Trinajstić information content (AvgIpc) is 2.60. The Hall–Kier alpha value is -1.68. The van der Waals surface area contributed by atoms with Gasteiger partial charge in [0.1, 0.15) is 0 Å². The van der Waals surface area contributed by atoms with Crippen LogP contribution < -0.4 is 0 Å². The fourth-order valence-electron chi connectivity index (χ4n) is 1.88. The predicted molar refractivity (Wildman–Crippen MR) is 65.7 cm³/mol. The van der Waals surface area contributed by atoms with E-state index in [0.717, 1.165) is 11.3 Å². The van der Waals surface area contributed by atoms with Crippen LogP contribution in [-0.2, 0) is 16.1 Å². The van der Waals surface area contributed by atoms with Crippen molar-refractivity contribution in [1.82, 2.24) is 5.01 Å². The number of hydrogen-bond acceptors (Lipinski definition) is 3. The lowest BCUT2D eigenvalue weighted by molar-refractivity contribution is -0.129. The molecule has 17 heavy (non-hydrogen) atoms. The van der Waals surface area contributed by atoms with Gasteiger partial charge in [-0.3, -0.25) is 4.79 Å². The highest BCUT2D eigenvalue weighted by molar-refractivity contribution is 6.05. The first-order valence-corrected chi connectivity index (χ1v) is 5.60. The Bertz CT molecular complexity index is 454. The largest absolute Gasteiger partial charge is 0.379 e. The van der Waals surface area contributed by atoms with Crippen LogP contribution in [0.1, 0.15) is 17.5 Å². The summed E-state index contributed by atoms with van der Waals surface area (Å²) in [4.78, 5) is 11.7. The second-order valence-corrected chi connectivity index (χ2v) is 4.22. The minimum Gasteiger partial charge on any atom is -0.379 e. The molecule has 1 aromatic carbocycles. The maximum Gasteiger partial charge on any atom is 0.248 e. The molecule has 4 nitrogen and oxygen atoms in total. The van der Waals surface area contributed by atoms with Crippen molar-refractivity contribution in [3.05, 3.63) is 35.4 Å². The molecule has 0 N–H and O–H groups in total. The summed E-state index contributed by atoms with van der Waals surface area (Å²) in [6.45, 7) is 3.00. The standard InChI is InChI=1S/C13H16N2O2/c1-10-4-3-5-11(6-10)8-15-13(16)7-12(14-15)9-17-2/h3-6H,7-9H2,1-2H3. The SMILES string of the molecule is COCC1=NN(Cc2cccc(C)c2)C(=O)C1. The lowest BCUT2D eigenvalue weighted by Gasteiger charge is -2.11. The summed E-state index contributed by atoms with van der Waals surface area (Å²) in [5.74, 6) is 0.0403. The highest BCUT2D eigenvalue weighted by atomic mass is 16.5. The lowest BCUT2D eigenvalue weighted by atomic mass is 10.1. The van der Waals surface area contributed by atoms with Crippen LogP contribution in [0.2, 0.25) is 0 Å². The van der Waals surface area contributed by atoms with Crippen molar-refractivity contribution < 1.29 is 9.53 Å². The van der Waals surface area contributed by atoms with Crippen LogP contribution in [0.3, 0.4) is 0 Å². The van der Waals surface area contributed by atoms with E-state index in [1.807, 2.05) is 25.1 Å². The number of ether oxygens (including phenoxy) is 1. The fraction of sp³-hybridized carbons (Fsp3) is 0.385. The Morgan fingerprint density at radius 3 is 3.00 bits per heavy atom. The first kappa shape index (κ1) is 11.8. The third kappa shape index (κ3) is 2.91. The maximum atomic E-state index is 11.7. The quantitative estimate of drug-likeness (QED) is 0.793. The molecule has 4 heteroatoms. The van der Waals surface area contributed by atoms with Crippen LogP contribution in [0.5, 0.6) is 0 Å². The van der Waals surface area contributed by atoms with Crippen LogP contribution >= 0.6 is 0 Å². The van der Waals surface area contributed by atoms with Crippen LogP contribution in [0, 0.1) is 6.92 Å². The Labute approximate surface area is 101 Å². The monoisotopic (exact) mass is 232 g/mol. The minimum absolute atomic E-state index is 0.0403. The molecule has 1 aromatic rings. The molecule has 2 rings (SSSR count). The van der Waals surface area contributed by atoms with Crippen molar-refractivity contribution in [3.8, 4) is 0 Å². The average molecular weight is 232 g/mol. The van der Waals surface area contributed by atoms with E-state index in [-0.39, 0.29) is 5.91 Å². The van der Waals surface area contributed by atoms with Gasteiger partial charge in [0.25, 0.3) is 0 Å². The zero-order valence-electron chi connectivity index (χ0n) is 10.1. The number of hydrazone groups is 1.